The van der Waals surface area contributed by atoms with Crippen molar-refractivity contribution >= 4 is 6.08 Å². The maximum atomic E-state index is 4.00. The highest BCUT2D eigenvalue weighted by atomic mass is 14.9. The monoisotopic (exact) mass is 174 g/mol. The van der Waals surface area contributed by atoms with E-state index in [0.717, 1.165) is 13.1 Å². The first-order chi connectivity index (χ1) is 6.45. The molecular formula is C11H14N2. The predicted octanol–water partition coefficient (Wildman–Crippen LogP) is 1.85. The molecule has 0 amide bonds. The van der Waals surface area contributed by atoms with E-state index in [-0.39, 0.29) is 0 Å². The first-order valence-corrected chi connectivity index (χ1v) is 4.75. The third-order valence-corrected chi connectivity index (χ3v) is 2.32. The van der Waals surface area contributed by atoms with Crippen molar-refractivity contribution in [1.82, 2.24) is 10.3 Å². The van der Waals surface area contributed by atoms with Gasteiger partial charge in [-0.15, -0.1) is 0 Å². The topological polar surface area (TPSA) is 24.9 Å². The number of piperidine rings is 1. The van der Waals surface area contributed by atoms with Crippen LogP contribution in [0.5, 0.6) is 0 Å². The van der Waals surface area contributed by atoms with Gasteiger partial charge in [-0.05, 0) is 43.6 Å². The number of hydrogen-bond acceptors (Lipinski definition) is 2. The highest BCUT2D eigenvalue weighted by Crippen LogP contribution is 2.14. The summed E-state index contributed by atoms with van der Waals surface area (Å²) in [4.78, 5) is 4.00. The summed E-state index contributed by atoms with van der Waals surface area (Å²) in [6.07, 6.45) is 8.33. The number of nitrogens with zero attached hydrogens (tertiary/aromatic N) is 1. The summed E-state index contributed by atoms with van der Waals surface area (Å²) in [5.41, 5.74) is 2.82. The van der Waals surface area contributed by atoms with Gasteiger partial charge in [0.25, 0.3) is 0 Å². The summed E-state index contributed by atoms with van der Waals surface area (Å²) >= 11 is 0. The van der Waals surface area contributed by atoms with Gasteiger partial charge >= 0.3 is 0 Å². The molecule has 0 aromatic carbocycles. The molecule has 1 aromatic rings. The Hall–Kier alpha value is -1.15. The van der Waals surface area contributed by atoms with E-state index in [4.69, 9.17) is 0 Å². The molecule has 13 heavy (non-hydrogen) atoms. The smallest absolute Gasteiger partial charge is 0.0273 e. The standard InChI is InChI=1S/C11H14N2/c1-5-12-6-2-10(1)9-11-3-7-13-8-4-11/h1-2,5-6,9,13H,3-4,7-8H2. The third-order valence-electron chi connectivity index (χ3n) is 2.32. The zero-order valence-corrected chi connectivity index (χ0v) is 7.66. The van der Waals surface area contributed by atoms with Crippen LogP contribution in [0.2, 0.25) is 0 Å². The summed E-state index contributed by atoms with van der Waals surface area (Å²) in [5.74, 6) is 0. The quantitative estimate of drug-likeness (QED) is 0.702. The van der Waals surface area contributed by atoms with E-state index in [1.807, 2.05) is 12.4 Å². The summed E-state index contributed by atoms with van der Waals surface area (Å²) in [6, 6.07) is 4.10. The fraction of sp³-hybridized carbons (Fsp3) is 0.364. The maximum Gasteiger partial charge on any atom is 0.0273 e. The van der Waals surface area contributed by atoms with Crippen molar-refractivity contribution in [3.63, 3.8) is 0 Å². The van der Waals surface area contributed by atoms with Crippen molar-refractivity contribution in [1.29, 1.82) is 0 Å². The molecule has 0 spiro atoms. The van der Waals surface area contributed by atoms with E-state index >= 15 is 0 Å². The van der Waals surface area contributed by atoms with E-state index in [1.54, 1.807) is 5.57 Å². The summed E-state index contributed by atoms with van der Waals surface area (Å²) < 4.78 is 0. The molecule has 0 atom stereocenters. The number of aromatic nitrogens is 1. The van der Waals surface area contributed by atoms with E-state index < -0.39 is 0 Å². The summed E-state index contributed by atoms with van der Waals surface area (Å²) in [5, 5.41) is 3.35. The van der Waals surface area contributed by atoms with Crippen LogP contribution in [0.3, 0.4) is 0 Å². The zero-order chi connectivity index (χ0) is 8.93. The average molecular weight is 174 g/mol. The van der Waals surface area contributed by atoms with Crippen LogP contribution in [0.4, 0.5) is 0 Å². The largest absolute Gasteiger partial charge is 0.316 e. The van der Waals surface area contributed by atoms with Crippen LogP contribution < -0.4 is 5.32 Å². The number of hydrogen-bond donors (Lipinski definition) is 1. The summed E-state index contributed by atoms with van der Waals surface area (Å²) in [6.45, 7) is 2.24. The lowest BCUT2D eigenvalue weighted by Crippen LogP contribution is -2.22. The molecule has 0 aliphatic carbocycles. The Labute approximate surface area is 78.7 Å². The Balaban J connectivity index is 2.10. The van der Waals surface area contributed by atoms with E-state index in [9.17, 15) is 0 Å². The van der Waals surface area contributed by atoms with Gasteiger partial charge in [-0.2, -0.15) is 0 Å². The lowest BCUT2D eigenvalue weighted by atomic mass is 10.0. The average Bonchev–Trinajstić information content (AvgIpc) is 2.21. The normalized spacial score (nSPS) is 17.1. The molecule has 1 aliphatic heterocycles. The highest BCUT2D eigenvalue weighted by Gasteiger charge is 2.03. The summed E-state index contributed by atoms with van der Waals surface area (Å²) in [7, 11) is 0. The fourth-order valence-corrected chi connectivity index (χ4v) is 1.59. The molecule has 2 heterocycles. The van der Waals surface area contributed by atoms with Gasteiger partial charge in [0.15, 0.2) is 0 Å². The van der Waals surface area contributed by atoms with Crippen LogP contribution in [0.25, 0.3) is 6.08 Å². The van der Waals surface area contributed by atoms with Crippen molar-refractivity contribution in [2.75, 3.05) is 13.1 Å². The molecule has 2 rings (SSSR count). The molecule has 2 nitrogen and oxygen atoms in total. The van der Waals surface area contributed by atoms with Crippen LogP contribution in [0.1, 0.15) is 18.4 Å². The van der Waals surface area contributed by atoms with Crippen molar-refractivity contribution in [3.8, 4) is 0 Å². The predicted molar refractivity (Wildman–Crippen MR) is 54.3 cm³/mol. The number of rotatable bonds is 1. The molecule has 0 saturated carbocycles. The van der Waals surface area contributed by atoms with Gasteiger partial charge in [0.2, 0.25) is 0 Å². The van der Waals surface area contributed by atoms with E-state index in [1.165, 1.54) is 18.4 Å². The molecular weight excluding hydrogens is 160 g/mol. The Bertz CT molecular complexity index is 282. The minimum Gasteiger partial charge on any atom is -0.316 e. The lowest BCUT2D eigenvalue weighted by molar-refractivity contribution is 0.613. The molecule has 2 heteroatoms. The second-order valence-electron chi connectivity index (χ2n) is 3.33. The van der Waals surface area contributed by atoms with Gasteiger partial charge in [0.1, 0.15) is 0 Å². The minimum atomic E-state index is 1.12. The highest BCUT2D eigenvalue weighted by molar-refractivity contribution is 5.52. The zero-order valence-electron chi connectivity index (χ0n) is 7.66. The van der Waals surface area contributed by atoms with Gasteiger partial charge in [0, 0.05) is 12.4 Å². The van der Waals surface area contributed by atoms with Gasteiger partial charge in [-0.25, -0.2) is 0 Å². The number of pyridine rings is 1. The van der Waals surface area contributed by atoms with Gasteiger partial charge < -0.3 is 5.32 Å². The molecule has 1 aromatic heterocycles. The second-order valence-corrected chi connectivity index (χ2v) is 3.33. The van der Waals surface area contributed by atoms with E-state index in [2.05, 4.69) is 28.5 Å². The molecule has 0 radical (unpaired) electrons. The SMILES string of the molecule is C(=C1CCNCC1)c1ccncc1. The maximum absolute atomic E-state index is 4.00. The molecule has 0 bridgehead atoms. The first-order valence-electron chi connectivity index (χ1n) is 4.75. The van der Waals surface area contributed by atoms with Crippen molar-refractivity contribution in [2.45, 2.75) is 12.8 Å². The Morgan fingerprint density at radius 3 is 2.54 bits per heavy atom. The van der Waals surface area contributed by atoms with Crippen molar-refractivity contribution in [3.05, 3.63) is 35.7 Å². The molecule has 68 valence electrons. The van der Waals surface area contributed by atoms with Crippen LogP contribution in [0, 0.1) is 0 Å². The molecule has 1 saturated heterocycles. The van der Waals surface area contributed by atoms with E-state index in [0.29, 0.717) is 0 Å². The van der Waals surface area contributed by atoms with Crippen molar-refractivity contribution < 1.29 is 0 Å². The third kappa shape index (κ3) is 2.39. The lowest BCUT2D eigenvalue weighted by Gasteiger charge is -2.14. The Kier molecular flexibility index (Phi) is 2.72. The second kappa shape index (κ2) is 4.19. The van der Waals surface area contributed by atoms with Crippen LogP contribution in [0.15, 0.2) is 30.1 Å². The fourth-order valence-electron chi connectivity index (χ4n) is 1.59. The van der Waals surface area contributed by atoms with Gasteiger partial charge in [0.05, 0.1) is 0 Å². The van der Waals surface area contributed by atoms with Gasteiger partial charge in [-0.3, -0.25) is 4.98 Å². The molecule has 1 aliphatic rings. The van der Waals surface area contributed by atoms with Crippen LogP contribution in [-0.2, 0) is 0 Å². The number of nitrogens with one attached hydrogen (secondary N) is 1. The Morgan fingerprint density at radius 2 is 1.85 bits per heavy atom. The van der Waals surface area contributed by atoms with Crippen LogP contribution >= 0.6 is 0 Å². The molecule has 1 N–H and O–H groups in total. The minimum absolute atomic E-state index is 1.12. The molecule has 0 unspecified atom stereocenters. The van der Waals surface area contributed by atoms with Gasteiger partial charge in [-0.1, -0.05) is 11.6 Å². The Morgan fingerprint density at radius 1 is 1.15 bits per heavy atom. The first kappa shape index (κ1) is 8.45. The van der Waals surface area contributed by atoms with Crippen LogP contribution in [-0.4, -0.2) is 18.1 Å². The van der Waals surface area contributed by atoms with Crippen molar-refractivity contribution in [2.24, 2.45) is 0 Å². The molecule has 1 fully saturated rings.